The van der Waals surface area contributed by atoms with Gasteiger partial charge in [0.25, 0.3) is 0 Å². The van der Waals surface area contributed by atoms with E-state index in [0.29, 0.717) is 6.10 Å². The second-order valence-corrected chi connectivity index (χ2v) is 2.67. The first-order valence-electron chi connectivity index (χ1n) is 3.77. The first-order valence-corrected chi connectivity index (χ1v) is 3.77. The summed E-state index contributed by atoms with van der Waals surface area (Å²) in [5.74, 6) is 0. The summed E-state index contributed by atoms with van der Waals surface area (Å²) in [7, 11) is 0. The molecule has 1 aliphatic heterocycles. The van der Waals surface area contributed by atoms with Crippen molar-refractivity contribution in [2.24, 2.45) is 0 Å². The zero-order chi connectivity index (χ0) is 7.52. The molecule has 1 aliphatic rings. The van der Waals surface area contributed by atoms with Crippen LogP contribution in [0.4, 0.5) is 0 Å². The van der Waals surface area contributed by atoms with Crippen LogP contribution >= 0.6 is 0 Å². The molecule has 2 heterocycles. The average molecular weight is 154 g/mol. The van der Waals surface area contributed by atoms with Gasteiger partial charge in [0.05, 0.1) is 12.6 Å². The van der Waals surface area contributed by atoms with Crippen LogP contribution in [0, 0.1) is 0 Å². The van der Waals surface area contributed by atoms with Gasteiger partial charge in [-0.15, -0.1) is 5.10 Å². The SMILES string of the molecule is c1nnnn1C[C@@H]1CCCO1. The van der Waals surface area contributed by atoms with E-state index in [1.165, 1.54) is 0 Å². The molecular weight excluding hydrogens is 144 g/mol. The van der Waals surface area contributed by atoms with Crippen LogP contribution in [0.25, 0.3) is 0 Å². The molecule has 2 rings (SSSR count). The van der Waals surface area contributed by atoms with Crippen molar-refractivity contribution in [2.45, 2.75) is 25.5 Å². The highest BCUT2D eigenvalue weighted by Gasteiger charge is 2.15. The molecule has 1 aromatic heterocycles. The summed E-state index contributed by atoms with van der Waals surface area (Å²) in [6.07, 6.45) is 4.22. The Morgan fingerprint density at radius 3 is 3.27 bits per heavy atom. The molecule has 0 aliphatic carbocycles. The monoisotopic (exact) mass is 154 g/mol. The van der Waals surface area contributed by atoms with Crippen molar-refractivity contribution in [3.63, 3.8) is 0 Å². The lowest BCUT2D eigenvalue weighted by Gasteiger charge is -2.06. The molecule has 5 heteroatoms. The van der Waals surface area contributed by atoms with Gasteiger partial charge in [0.1, 0.15) is 6.33 Å². The molecule has 0 unspecified atom stereocenters. The molecule has 0 aromatic carbocycles. The van der Waals surface area contributed by atoms with Crippen LogP contribution in [-0.2, 0) is 11.3 Å². The minimum atomic E-state index is 0.318. The van der Waals surface area contributed by atoms with Gasteiger partial charge < -0.3 is 4.74 Å². The summed E-state index contributed by atoms with van der Waals surface area (Å²) in [6, 6.07) is 0. The Hall–Kier alpha value is -0.970. The highest BCUT2D eigenvalue weighted by molar-refractivity contribution is 4.64. The number of hydrogen-bond donors (Lipinski definition) is 0. The summed E-state index contributed by atoms with van der Waals surface area (Å²) in [4.78, 5) is 0. The Kier molecular flexibility index (Phi) is 1.81. The molecular formula is C6H10N4O. The Bertz CT molecular complexity index is 204. The van der Waals surface area contributed by atoms with Crippen LogP contribution in [0.1, 0.15) is 12.8 Å². The van der Waals surface area contributed by atoms with Crippen molar-refractivity contribution in [3.8, 4) is 0 Å². The molecule has 1 atom stereocenters. The van der Waals surface area contributed by atoms with Crippen molar-refractivity contribution in [1.82, 2.24) is 20.2 Å². The molecule has 0 spiro atoms. The van der Waals surface area contributed by atoms with Gasteiger partial charge in [0.15, 0.2) is 0 Å². The zero-order valence-corrected chi connectivity index (χ0v) is 6.18. The third-order valence-electron chi connectivity index (χ3n) is 1.81. The fourth-order valence-electron chi connectivity index (χ4n) is 1.26. The van der Waals surface area contributed by atoms with E-state index in [1.807, 2.05) is 0 Å². The molecule has 0 amide bonds. The first-order chi connectivity index (χ1) is 5.45. The molecule has 1 fully saturated rings. The van der Waals surface area contributed by atoms with Crippen molar-refractivity contribution in [1.29, 1.82) is 0 Å². The van der Waals surface area contributed by atoms with Crippen LogP contribution in [0.2, 0.25) is 0 Å². The smallest absolute Gasteiger partial charge is 0.138 e. The number of nitrogens with zero attached hydrogens (tertiary/aromatic N) is 4. The fourth-order valence-corrected chi connectivity index (χ4v) is 1.26. The van der Waals surface area contributed by atoms with E-state index < -0.39 is 0 Å². The highest BCUT2D eigenvalue weighted by Crippen LogP contribution is 2.12. The van der Waals surface area contributed by atoms with Gasteiger partial charge in [-0.25, -0.2) is 4.68 Å². The van der Waals surface area contributed by atoms with E-state index in [-0.39, 0.29) is 0 Å². The third kappa shape index (κ3) is 1.54. The van der Waals surface area contributed by atoms with E-state index >= 15 is 0 Å². The zero-order valence-electron chi connectivity index (χ0n) is 6.18. The summed E-state index contributed by atoms with van der Waals surface area (Å²) in [5, 5.41) is 10.8. The van der Waals surface area contributed by atoms with Gasteiger partial charge in [-0.3, -0.25) is 0 Å². The number of rotatable bonds is 2. The fraction of sp³-hybridized carbons (Fsp3) is 0.833. The lowest BCUT2D eigenvalue weighted by molar-refractivity contribution is 0.0935. The second kappa shape index (κ2) is 2.96. The van der Waals surface area contributed by atoms with Gasteiger partial charge in [-0.05, 0) is 23.3 Å². The average Bonchev–Trinajstić information content (AvgIpc) is 2.60. The molecule has 0 bridgehead atoms. The Balaban J connectivity index is 1.90. The van der Waals surface area contributed by atoms with E-state index in [9.17, 15) is 0 Å². The second-order valence-electron chi connectivity index (χ2n) is 2.67. The van der Waals surface area contributed by atoms with Gasteiger partial charge in [0.2, 0.25) is 0 Å². The maximum absolute atomic E-state index is 5.41. The number of ether oxygens (including phenoxy) is 1. The standard InChI is InChI=1S/C6H10N4O/c1-2-6(11-3-1)4-10-5-7-8-9-10/h5-6H,1-4H2/t6-/m0/s1. The normalized spacial score (nSPS) is 24.2. The molecule has 0 saturated carbocycles. The van der Waals surface area contributed by atoms with Gasteiger partial charge in [-0.2, -0.15) is 0 Å². The summed E-state index contributed by atoms with van der Waals surface area (Å²) in [5.41, 5.74) is 0. The Morgan fingerprint density at radius 1 is 1.64 bits per heavy atom. The Morgan fingerprint density at radius 2 is 2.64 bits per heavy atom. The lowest BCUT2D eigenvalue weighted by atomic mass is 10.2. The Labute approximate surface area is 64.3 Å². The van der Waals surface area contributed by atoms with Crippen LogP contribution in [0.3, 0.4) is 0 Å². The molecule has 11 heavy (non-hydrogen) atoms. The largest absolute Gasteiger partial charge is 0.376 e. The third-order valence-corrected chi connectivity index (χ3v) is 1.81. The topological polar surface area (TPSA) is 52.8 Å². The van der Waals surface area contributed by atoms with Gasteiger partial charge >= 0.3 is 0 Å². The highest BCUT2D eigenvalue weighted by atomic mass is 16.5. The molecule has 5 nitrogen and oxygen atoms in total. The number of hydrogen-bond acceptors (Lipinski definition) is 4. The maximum atomic E-state index is 5.41. The van der Waals surface area contributed by atoms with Crippen LogP contribution < -0.4 is 0 Å². The van der Waals surface area contributed by atoms with Crippen molar-refractivity contribution in [2.75, 3.05) is 6.61 Å². The summed E-state index contributed by atoms with van der Waals surface area (Å²) >= 11 is 0. The van der Waals surface area contributed by atoms with Crippen LogP contribution in [0.15, 0.2) is 6.33 Å². The molecule has 1 saturated heterocycles. The van der Waals surface area contributed by atoms with E-state index in [4.69, 9.17) is 4.74 Å². The van der Waals surface area contributed by atoms with Crippen LogP contribution in [0.5, 0.6) is 0 Å². The predicted octanol–water partition coefficient (Wildman–Crippen LogP) is -0.148. The van der Waals surface area contributed by atoms with E-state index in [1.54, 1.807) is 11.0 Å². The van der Waals surface area contributed by atoms with Crippen molar-refractivity contribution in [3.05, 3.63) is 6.33 Å². The van der Waals surface area contributed by atoms with Crippen molar-refractivity contribution < 1.29 is 4.74 Å². The predicted molar refractivity (Wildman–Crippen MR) is 36.8 cm³/mol. The first kappa shape index (κ1) is 6.72. The quantitative estimate of drug-likeness (QED) is 0.594. The van der Waals surface area contributed by atoms with Crippen LogP contribution in [-0.4, -0.2) is 32.9 Å². The molecule has 0 N–H and O–H groups in total. The minimum absolute atomic E-state index is 0.318. The number of aromatic nitrogens is 4. The maximum Gasteiger partial charge on any atom is 0.138 e. The lowest BCUT2D eigenvalue weighted by Crippen LogP contribution is -2.15. The number of tetrazole rings is 1. The summed E-state index contributed by atoms with van der Waals surface area (Å²) in [6.45, 7) is 1.67. The van der Waals surface area contributed by atoms with Gasteiger partial charge in [0, 0.05) is 6.61 Å². The summed E-state index contributed by atoms with van der Waals surface area (Å²) < 4.78 is 7.11. The molecule has 1 aromatic rings. The van der Waals surface area contributed by atoms with E-state index in [0.717, 1.165) is 26.0 Å². The minimum Gasteiger partial charge on any atom is -0.376 e. The van der Waals surface area contributed by atoms with Crippen molar-refractivity contribution >= 4 is 0 Å². The van der Waals surface area contributed by atoms with E-state index in [2.05, 4.69) is 15.5 Å². The van der Waals surface area contributed by atoms with Gasteiger partial charge in [-0.1, -0.05) is 0 Å². The molecule has 60 valence electrons. The molecule has 0 radical (unpaired) electrons.